The van der Waals surface area contributed by atoms with E-state index in [0.29, 0.717) is 13.0 Å². The first kappa shape index (κ1) is 17.3. The molecule has 4 amide bonds. The smallest absolute Gasteiger partial charge is 0.322 e. The summed E-state index contributed by atoms with van der Waals surface area (Å²) in [6.45, 7) is 4.73. The molecule has 1 aliphatic rings. The Hall–Kier alpha value is -2.02. The molecule has 23 heavy (non-hydrogen) atoms. The molecule has 124 valence electrons. The number of nitrogens with one attached hydrogen (secondary N) is 3. The van der Waals surface area contributed by atoms with E-state index in [9.17, 15) is 14.4 Å². The van der Waals surface area contributed by atoms with Crippen molar-refractivity contribution in [3.8, 4) is 0 Å². The van der Waals surface area contributed by atoms with Gasteiger partial charge in [-0.3, -0.25) is 14.9 Å². The van der Waals surface area contributed by atoms with E-state index in [4.69, 9.17) is 0 Å². The minimum absolute atomic E-state index is 0.111. The molecular weight excluding hydrogens is 314 g/mol. The fourth-order valence-electron chi connectivity index (χ4n) is 2.19. The van der Waals surface area contributed by atoms with Crippen LogP contribution in [0.4, 0.5) is 4.79 Å². The molecule has 3 N–H and O–H groups in total. The number of aryl methyl sites for hydroxylation is 2. The van der Waals surface area contributed by atoms with E-state index in [1.807, 2.05) is 0 Å². The van der Waals surface area contributed by atoms with Crippen molar-refractivity contribution in [3.63, 3.8) is 0 Å². The highest BCUT2D eigenvalue weighted by Crippen LogP contribution is 2.20. The summed E-state index contributed by atoms with van der Waals surface area (Å²) in [6.07, 6.45) is 0.528. The second kappa shape index (κ2) is 8.01. The van der Waals surface area contributed by atoms with Gasteiger partial charge in [-0.15, -0.1) is 11.8 Å². The van der Waals surface area contributed by atoms with Crippen LogP contribution >= 0.6 is 11.8 Å². The number of amides is 4. The lowest BCUT2D eigenvalue weighted by atomic mass is 10.1. The van der Waals surface area contributed by atoms with E-state index in [1.54, 1.807) is 11.8 Å². The van der Waals surface area contributed by atoms with Gasteiger partial charge in [0.15, 0.2) is 0 Å². The van der Waals surface area contributed by atoms with Crippen LogP contribution in [0.3, 0.4) is 0 Å². The summed E-state index contributed by atoms with van der Waals surface area (Å²) < 4.78 is 0. The number of thioether (sulfide) groups is 1. The van der Waals surface area contributed by atoms with E-state index in [0.717, 1.165) is 5.75 Å². The number of hydrogen-bond acceptors (Lipinski definition) is 4. The van der Waals surface area contributed by atoms with E-state index < -0.39 is 12.1 Å². The lowest BCUT2D eigenvalue weighted by Gasteiger charge is -2.08. The molecule has 0 aromatic heterocycles. The molecular formula is C16H21N3O3S. The zero-order chi connectivity index (χ0) is 16.8. The molecule has 0 saturated carbocycles. The van der Waals surface area contributed by atoms with Crippen molar-refractivity contribution in [3.05, 3.63) is 29.3 Å². The summed E-state index contributed by atoms with van der Waals surface area (Å²) in [6, 6.07) is 5.22. The number of hydrogen-bond donors (Lipinski definition) is 3. The maximum atomic E-state index is 11.7. The molecule has 2 rings (SSSR count). The number of carbonyl (C=O) groups excluding carboxylic acids is 3. The Morgan fingerprint density at radius 3 is 2.70 bits per heavy atom. The molecule has 0 aliphatic carbocycles. The van der Waals surface area contributed by atoms with Gasteiger partial charge in [0, 0.05) is 23.6 Å². The van der Waals surface area contributed by atoms with Crippen LogP contribution in [0.5, 0.6) is 0 Å². The van der Waals surface area contributed by atoms with E-state index in [-0.39, 0.29) is 18.2 Å². The van der Waals surface area contributed by atoms with Crippen molar-refractivity contribution in [1.82, 2.24) is 16.0 Å². The van der Waals surface area contributed by atoms with E-state index in [1.165, 1.54) is 16.0 Å². The van der Waals surface area contributed by atoms with Crippen LogP contribution in [0, 0.1) is 13.8 Å². The van der Waals surface area contributed by atoms with Crippen LogP contribution in [-0.4, -0.2) is 36.2 Å². The Balaban J connectivity index is 1.62. The molecule has 6 nitrogen and oxygen atoms in total. The SMILES string of the molecule is Cc1ccc(SCCNC(=O)CCC2NC(=O)NC2=O)cc1C. The number of urea groups is 1. The van der Waals surface area contributed by atoms with Gasteiger partial charge in [-0.1, -0.05) is 6.07 Å². The summed E-state index contributed by atoms with van der Waals surface area (Å²) in [4.78, 5) is 35.2. The number of benzene rings is 1. The van der Waals surface area contributed by atoms with Gasteiger partial charge in [-0.05, 0) is 43.5 Å². The van der Waals surface area contributed by atoms with Crippen LogP contribution < -0.4 is 16.0 Å². The molecule has 1 saturated heterocycles. The molecule has 1 aliphatic heterocycles. The lowest BCUT2D eigenvalue weighted by Crippen LogP contribution is -2.32. The molecule has 1 aromatic carbocycles. The minimum atomic E-state index is -0.599. The molecule has 7 heteroatoms. The minimum Gasteiger partial charge on any atom is -0.355 e. The van der Waals surface area contributed by atoms with Crippen LogP contribution in [0.1, 0.15) is 24.0 Å². The fraction of sp³-hybridized carbons (Fsp3) is 0.438. The van der Waals surface area contributed by atoms with Crippen molar-refractivity contribution < 1.29 is 14.4 Å². The zero-order valence-corrected chi connectivity index (χ0v) is 14.1. The van der Waals surface area contributed by atoms with Gasteiger partial charge in [0.25, 0.3) is 5.91 Å². The van der Waals surface area contributed by atoms with Crippen LogP contribution in [0.2, 0.25) is 0 Å². The molecule has 0 bridgehead atoms. The molecule has 1 aromatic rings. The standard InChI is InChI=1S/C16H21N3O3S/c1-10-3-4-12(9-11(10)2)23-8-7-17-14(20)6-5-13-15(21)19-16(22)18-13/h3-4,9,13H,5-8H2,1-2H3,(H,17,20)(H2,18,19,21,22). The molecule has 0 spiro atoms. The Labute approximate surface area is 139 Å². The fourth-order valence-corrected chi connectivity index (χ4v) is 3.05. The maximum absolute atomic E-state index is 11.7. The van der Waals surface area contributed by atoms with Crippen molar-refractivity contribution in [2.75, 3.05) is 12.3 Å². The lowest BCUT2D eigenvalue weighted by molar-refractivity contribution is -0.122. The average molecular weight is 335 g/mol. The summed E-state index contributed by atoms with van der Waals surface area (Å²) in [5, 5.41) is 7.44. The summed E-state index contributed by atoms with van der Waals surface area (Å²) in [7, 11) is 0. The third-order valence-corrected chi connectivity index (χ3v) is 4.69. The first-order chi connectivity index (χ1) is 11.0. The Kier molecular flexibility index (Phi) is 6.04. The summed E-state index contributed by atoms with van der Waals surface area (Å²) in [5.41, 5.74) is 2.53. The van der Waals surface area contributed by atoms with Crippen molar-refractivity contribution >= 4 is 29.6 Å². The van der Waals surface area contributed by atoms with Gasteiger partial charge < -0.3 is 10.6 Å². The molecule has 1 unspecified atom stereocenters. The van der Waals surface area contributed by atoms with E-state index >= 15 is 0 Å². The third-order valence-electron chi connectivity index (χ3n) is 3.69. The zero-order valence-electron chi connectivity index (χ0n) is 13.3. The largest absolute Gasteiger partial charge is 0.355 e. The first-order valence-electron chi connectivity index (χ1n) is 7.54. The van der Waals surface area contributed by atoms with Crippen molar-refractivity contribution in [2.45, 2.75) is 37.6 Å². The van der Waals surface area contributed by atoms with Gasteiger partial charge >= 0.3 is 6.03 Å². The monoisotopic (exact) mass is 335 g/mol. The Bertz CT molecular complexity index is 619. The number of carbonyl (C=O) groups is 3. The second-order valence-electron chi connectivity index (χ2n) is 5.50. The topological polar surface area (TPSA) is 87.3 Å². The highest BCUT2D eigenvalue weighted by molar-refractivity contribution is 7.99. The highest BCUT2D eigenvalue weighted by atomic mass is 32.2. The number of rotatable bonds is 7. The first-order valence-corrected chi connectivity index (χ1v) is 8.52. The van der Waals surface area contributed by atoms with Crippen molar-refractivity contribution in [2.24, 2.45) is 0 Å². The van der Waals surface area contributed by atoms with Crippen LogP contribution in [-0.2, 0) is 9.59 Å². The molecule has 1 fully saturated rings. The second-order valence-corrected chi connectivity index (χ2v) is 6.67. The van der Waals surface area contributed by atoms with Gasteiger partial charge in [-0.25, -0.2) is 4.79 Å². The predicted molar refractivity (Wildman–Crippen MR) is 89.3 cm³/mol. The summed E-state index contributed by atoms with van der Waals surface area (Å²) >= 11 is 1.69. The Morgan fingerprint density at radius 1 is 1.26 bits per heavy atom. The molecule has 1 atom stereocenters. The highest BCUT2D eigenvalue weighted by Gasteiger charge is 2.29. The maximum Gasteiger partial charge on any atom is 0.322 e. The Morgan fingerprint density at radius 2 is 2.04 bits per heavy atom. The normalized spacial score (nSPS) is 16.9. The van der Waals surface area contributed by atoms with Gasteiger partial charge in [0.1, 0.15) is 6.04 Å². The number of imide groups is 1. The van der Waals surface area contributed by atoms with Crippen LogP contribution in [0.15, 0.2) is 23.1 Å². The quantitative estimate of drug-likeness (QED) is 0.400. The van der Waals surface area contributed by atoms with Crippen molar-refractivity contribution in [1.29, 1.82) is 0 Å². The van der Waals surface area contributed by atoms with Crippen LogP contribution in [0.25, 0.3) is 0 Å². The van der Waals surface area contributed by atoms with Gasteiger partial charge in [0.05, 0.1) is 0 Å². The molecule has 1 heterocycles. The predicted octanol–water partition coefficient (Wildman–Crippen LogP) is 1.50. The third kappa shape index (κ3) is 5.28. The van der Waals surface area contributed by atoms with E-state index in [2.05, 4.69) is 48.0 Å². The van der Waals surface area contributed by atoms with Gasteiger partial charge in [0.2, 0.25) is 5.91 Å². The van der Waals surface area contributed by atoms with Gasteiger partial charge in [-0.2, -0.15) is 0 Å². The average Bonchev–Trinajstić information content (AvgIpc) is 2.83. The molecule has 0 radical (unpaired) electrons. The summed E-state index contributed by atoms with van der Waals surface area (Å²) in [5.74, 6) is 0.308.